The molecule has 0 saturated heterocycles. The van der Waals surface area contributed by atoms with Crippen molar-refractivity contribution in [2.45, 2.75) is 6.92 Å². The Hall–Kier alpha value is -0.940. The Bertz CT molecular complexity index is 567. The number of fused-ring (bicyclic) bond motifs is 1. The summed E-state index contributed by atoms with van der Waals surface area (Å²) in [6, 6.07) is 1.43. The fourth-order valence-corrected chi connectivity index (χ4v) is 1.90. The van der Waals surface area contributed by atoms with Crippen LogP contribution < -0.4 is 5.63 Å². The molecule has 2 rings (SSSR count). The molecular formula is C8H4BrClN2O2. The molecule has 2 aromatic heterocycles. The maximum atomic E-state index is 11.4. The molecular weight excluding hydrogens is 271 g/mol. The third kappa shape index (κ3) is 1.53. The molecule has 0 amide bonds. The fraction of sp³-hybridized carbons (Fsp3) is 0.125. The number of aromatic nitrogens is 2. The third-order valence-electron chi connectivity index (χ3n) is 1.65. The van der Waals surface area contributed by atoms with Crippen LogP contribution in [0.25, 0.3) is 10.9 Å². The van der Waals surface area contributed by atoms with Gasteiger partial charge in [0.05, 0.1) is 5.39 Å². The van der Waals surface area contributed by atoms with E-state index in [1.54, 1.807) is 6.92 Å². The Morgan fingerprint density at radius 2 is 2.21 bits per heavy atom. The van der Waals surface area contributed by atoms with Gasteiger partial charge in [-0.25, -0.2) is 14.8 Å². The lowest BCUT2D eigenvalue weighted by Gasteiger charge is -1.99. The van der Waals surface area contributed by atoms with E-state index in [9.17, 15) is 4.79 Å². The van der Waals surface area contributed by atoms with E-state index in [4.69, 9.17) is 16.0 Å². The summed E-state index contributed by atoms with van der Waals surface area (Å²) in [5.41, 5.74) is 0.000602. The van der Waals surface area contributed by atoms with Gasteiger partial charge in [0.15, 0.2) is 5.89 Å². The normalized spacial score (nSPS) is 10.8. The van der Waals surface area contributed by atoms with E-state index in [1.165, 1.54) is 6.07 Å². The summed E-state index contributed by atoms with van der Waals surface area (Å²) >= 11 is 8.86. The Morgan fingerprint density at radius 1 is 1.50 bits per heavy atom. The van der Waals surface area contributed by atoms with Crippen LogP contribution in [-0.2, 0) is 0 Å². The van der Waals surface area contributed by atoms with E-state index in [0.717, 1.165) is 0 Å². The van der Waals surface area contributed by atoms with E-state index < -0.39 is 5.63 Å². The molecule has 0 spiro atoms. The first-order valence-corrected chi connectivity index (χ1v) is 4.88. The van der Waals surface area contributed by atoms with Crippen LogP contribution in [0.5, 0.6) is 0 Å². The van der Waals surface area contributed by atoms with Crippen molar-refractivity contribution in [2.75, 3.05) is 0 Å². The molecule has 0 N–H and O–H groups in total. The maximum Gasteiger partial charge on any atom is 0.347 e. The maximum absolute atomic E-state index is 11.4. The molecule has 14 heavy (non-hydrogen) atoms. The number of halogens is 2. The Balaban J connectivity index is 3.02. The van der Waals surface area contributed by atoms with Crippen molar-refractivity contribution in [2.24, 2.45) is 0 Å². The first-order chi connectivity index (χ1) is 6.58. The van der Waals surface area contributed by atoms with Crippen molar-refractivity contribution in [3.8, 4) is 0 Å². The largest absolute Gasteiger partial charge is 0.408 e. The highest BCUT2D eigenvalue weighted by atomic mass is 79.9. The second-order valence-electron chi connectivity index (χ2n) is 2.65. The summed E-state index contributed by atoms with van der Waals surface area (Å²) < 4.78 is 5.27. The Morgan fingerprint density at radius 3 is 2.93 bits per heavy atom. The van der Waals surface area contributed by atoms with Gasteiger partial charge in [0.2, 0.25) is 0 Å². The van der Waals surface area contributed by atoms with Crippen LogP contribution in [-0.4, -0.2) is 9.97 Å². The van der Waals surface area contributed by atoms with Crippen LogP contribution >= 0.6 is 27.5 Å². The van der Waals surface area contributed by atoms with Crippen molar-refractivity contribution in [1.29, 1.82) is 0 Å². The number of rotatable bonds is 0. The fourth-order valence-electron chi connectivity index (χ4n) is 1.11. The van der Waals surface area contributed by atoms with Gasteiger partial charge in [0.1, 0.15) is 15.3 Å². The number of hydrogen-bond acceptors (Lipinski definition) is 4. The third-order valence-corrected chi connectivity index (χ3v) is 2.40. The zero-order chi connectivity index (χ0) is 10.3. The van der Waals surface area contributed by atoms with Crippen molar-refractivity contribution in [1.82, 2.24) is 9.97 Å². The topological polar surface area (TPSA) is 56.0 Å². The molecule has 0 aliphatic carbocycles. The van der Waals surface area contributed by atoms with E-state index in [1.807, 2.05) is 0 Å². The van der Waals surface area contributed by atoms with Crippen LogP contribution in [0.3, 0.4) is 0 Å². The van der Waals surface area contributed by atoms with Gasteiger partial charge in [-0.05, 0) is 22.0 Å². The average Bonchev–Trinajstić information content (AvgIpc) is 2.07. The van der Waals surface area contributed by atoms with Gasteiger partial charge < -0.3 is 4.42 Å². The minimum atomic E-state index is -0.461. The summed E-state index contributed by atoms with van der Waals surface area (Å²) in [5, 5.41) is 0.546. The second kappa shape index (κ2) is 3.33. The van der Waals surface area contributed by atoms with Crippen molar-refractivity contribution in [3.05, 3.63) is 32.1 Å². The predicted octanol–water partition coefficient (Wildman–Crippen LogP) is 2.31. The van der Waals surface area contributed by atoms with Gasteiger partial charge in [-0.15, -0.1) is 0 Å². The van der Waals surface area contributed by atoms with Gasteiger partial charge in [0.25, 0.3) is 0 Å². The monoisotopic (exact) mass is 274 g/mol. The van der Waals surface area contributed by atoms with Crippen LogP contribution in [0.15, 0.2) is 19.9 Å². The predicted molar refractivity (Wildman–Crippen MR) is 55.5 cm³/mol. The summed E-state index contributed by atoms with van der Waals surface area (Å²) in [6.45, 7) is 1.60. The Labute approximate surface area is 92.1 Å². The summed E-state index contributed by atoms with van der Waals surface area (Å²) in [6.07, 6.45) is 0. The highest BCUT2D eigenvalue weighted by Crippen LogP contribution is 2.21. The lowest BCUT2D eigenvalue weighted by Crippen LogP contribution is -2.04. The average molecular weight is 275 g/mol. The Kier molecular flexibility index (Phi) is 2.28. The smallest absolute Gasteiger partial charge is 0.347 e. The van der Waals surface area contributed by atoms with Crippen LogP contribution in [0.1, 0.15) is 5.89 Å². The molecule has 4 nitrogen and oxygen atoms in total. The zero-order valence-corrected chi connectivity index (χ0v) is 9.39. The van der Waals surface area contributed by atoms with Crippen LogP contribution in [0, 0.1) is 6.92 Å². The molecule has 72 valence electrons. The quantitative estimate of drug-likeness (QED) is 0.692. The number of nitrogens with zero attached hydrogens (tertiary/aromatic N) is 2. The molecule has 0 aromatic carbocycles. The standard InChI is InChI=1S/C8H4BrClN2O2/c1-3-11-6-4(8(13)14-3)2-5(10)12-7(6)9/h2H,1H3. The van der Waals surface area contributed by atoms with E-state index in [0.29, 0.717) is 21.4 Å². The highest BCUT2D eigenvalue weighted by Gasteiger charge is 2.09. The first kappa shape index (κ1) is 9.61. The molecule has 6 heteroatoms. The van der Waals surface area contributed by atoms with Crippen LogP contribution in [0.4, 0.5) is 0 Å². The summed E-state index contributed by atoms with van der Waals surface area (Å²) in [7, 11) is 0. The van der Waals surface area contributed by atoms with Gasteiger partial charge in [0, 0.05) is 6.92 Å². The summed E-state index contributed by atoms with van der Waals surface area (Å²) in [4.78, 5) is 19.4. The molecule has 0 unspecified atom stereocenters. The number of pyridine rings is 1. The molecule has 2 heterocycles. The molecule has 2 aromatic rings. The first-order valence-electron chi connectivity index (χ1n) is 3.71. The van der Waals surface area contributed by atoms with Crippen LogP contribution in [0.2, 0.25) is 5.15 Å². The van der Waals surface area contributed by atoms with Crippen molar-refractivity contribution >= 4 is 38.4 Å². The molecule has 0 bridgehead atoms. The van der Waals surface area contributed by atoms with Crippen molar-refractivity contribution < 1.29 is 4.42 Å². The lowest BCUT2D eigenvalue weighted by atomic mass is 10.3. The van der Waals surface area contributed by atoms with Gasteiger partial charge in [-0.2, -0.15) is 0 Å². The molecule has 0 aliphatic rings. The zero-order valence-electron chi connectivity index (χ0n) is 7.04. The minimum absolute atomic E-state index is 0.224. The summed E-state index contributed by atoms with van der Waals surface area (Å²) in [5.74, 6) is 0.298. The van der Waals surface area contributed by atoms with E-state index >= 15 is 0 Å². The molecule has 0 saturated carbocycles. The molecule has 0 fully saturated rings. The van der Waals surface area contributed by atoms with Gasteiger partial charge in [-0.3, -0.25) is 0 Å². The highest BCUT2D eigenvalue weighted by molar-refractivity contribution is 9.10. The SMILES string of the molecule is Cc1nc2c(Br)nc(Cl)cc2c(=O)o1. The number of hydrogen-bond donors (Lipinski definition) is 0. The molecule has 0 radical (unpaired) electrons. The molecule has 0 aliphatic heterocycles. The molecule has 0 atom stereocenters. The lowest BCUT2D eigenvalue weighted by molar-refractivity contribution is 0.467. The minimum Gasteiger partial charge on any atom is -0.408 e. The van der Waals surface area contributed by atoms with E-state index in [-0.39, 0.29) is 5.15 Å². The van der Waals surface area contributed by atoms with Crippen molar-refractivity contribution in [3.63, 3.8) is 0 Å². The number of aryl methyl sites for hydroxylation is 1. The van der Waals surface area contributed by atoms with Gasteiger partial charge >= 0.3 is 5.63 Å². The van der Waals surface area contributed by atoms with Gasteiger partial charge in [-0.1, -0.05) is 11.6 Å². The van der Waals surface area contributed by atoms with E-state index in [2.05, 4.69) is 25.9 Å². The second-order valence-corrected chi connectivity index (χ2v) is 3.79.